The number of allylic oxidation sites excluding steroid dienone is 1. The molecule has 82 valence electrons. The Kier molecular flexibility index (Phi) is 5.95. The summed E-state index contributed by atoms with van der Waals surface area (Å²) < 4.78 is 1.34. The Morgan fingerprint density at radius 1 is 1.47 bits per heavy atom. The summed E-state index contributed by atoms with van der Waals surface area (Å²) >= 11 is 2.40. The molecule has 0 aliphatic carbocycles. The molecule has 0 heterocycles. The van der Waals surface area contributed by atoms with Crippen molar-refractivity contribution < 1.29 is 0 Å². The van der Waals surface area contributed by atoms with Crippen molar-refractivity contribution in [2.24, 2.45) is 0 Å². The van der Waals surface area contributed by atoms with Gasteiger partial charge in [0, 0.05) is 9.61 Å². The third kappa shape index (κ3) is 3.95. The molecule has 1 atom stereocenters. The maximum atomic E-state index is 3.75. The Morgan fingerprint density at radius 3 is 2.80 bits per heavy atom. The van der Waals surface area contributed by atoms with E-state index in [-0.39, 0.29) is 0 Å². The molecule has 0 radical (unpaired) electrons. The maximum absolute atomic E-state index is 3.75. The molecule has 0 saturated heterocycles. The fourth-order valence-corrected chi connectivity index (χ4v) is 2.44. The summed E-state index contributed by atoms with van der Waals surface area (Å²) in [6.45, 7) is 3.75. The standard InChI is InChI=1S/C13H18IN/c1-3-4-5-10-13(15-2)11-8-6-7-9-12(11)14/h3,6-9,13,15H,1,4-5,10H2,2H3. The number of halogens is 1. The molecule has 1 aromatic rings. The zero-order valence-electron chi connectivity index (χ0n) is 9.17. The fraction of sp³-hybridized carbons (Fsp3) is 0.385. The van der Waals surface area contributed by atoms with Gasteiger partial charge in [0.25, 0.3) is 0 Å². The van der Waals surface area contributed by atoms with Gasteiger partial charge < -0.3 is 5.32 Å². The molecule has 0 bridgehead atoms. The topological polar surface area (TPSA) is 12.0 Å². The fourth-order valence-electron chi connectivity index (χ4n) is 1.68. The molecule has 0 fully saturated rings. The van der Waals surface area contributed by atoms with E-state index in [1.165, 1.54) is 22.0 Å². The second-order valence-electron chi connectivity index (χ2n) is 3.58. The molecule has 1 aromatic carbocycles. The Balaban J connectivity index is 2.65. The third-order valence-electron chi connectivity index (χ3n) is 2.53. The van der Waals surface area contributed by atoms with Crippen molar-refractivity contribution in [2.45, 2.75) is 25.3 Å². The minimum atomic E-state index is 0.470. The average molecular weight is 315 g/mol. The van der Waals surface area contributed by atoms with Gasteiger partial charge in [0.05, 0.1) is 0 Å². The van der Waals surface area contributed by atoms with Crippen LogP contribution in [0.4, 0.5) is 0 Å². The van der Waals surface area contributed by atoms with Crippen LogP contribution in [0.1, 0.15) is 30.9 Å². The van der Waals surface area contributed by atoms with Crippen LogP contribution in [0.25, 0.3) is 0 Å². The van der Waals surface area contributed by atoms with Gasteiger partial charge in [0.15, 0.2) is 0 Å². The van der Waals surface area contributed by atoms with Crippen LogP contribution >= 0.6 is 22.6 Å². The highest BCUT2D eigenvalue weighted by molar-refractivity contribution is 14.1. The first-order chi connectivity index (χ1) is 7.29. The molecule has 1 unspecified atom stereocenters. The molecular formula is C13H18IN. The number of benzene rings is 1. The molecule has 0 spiro atoms. The maximum Gasteiger partial charge on any atom is 0.0328 e. The van der Waals surface area contributed by atoms with Crippen molar-refractivity contribution in [1.29, 1.82) is 0 Å². The second-order valence-corrected chi connectivity index (χ2v) is 4.74. The summed E-state index contributed by atoms with van der Waals surface area (Å²) in [4.78, 5) is 0. The van der Waals surface area contributed by atoms with Crippen LogP contribution in [0, 0.1) is 3.57 Å². The molecule has 0 amide bonds. The van der Waals surface area contributed by atoms with Gasteiger partial charge in [0.1, 0.15) is 0 Å². The Labute approximate surface area is 106 Å². The van der Waals surface area contributed by atoms with Crippen molar-refractivity contribution in [3.63, 3.8) is 0 Å². The summed E-state index contributed by atoms with van der Waals surface area (Å²) in [5, 5.41) is 3.38. The highest BCUT2D eigenvalue weighted by Crippen LogP contribution is 2.23. The zero-order valence-corrected chi connectivity index (χ0v) is 11.3. The van der Waals surface area contributed by atoms with Gasteiger partial charge in [0.2, 0.25) is 0 Å². The van der Waals surface area contributed by atoms with Crippen LogP contribution in [0.3, 0.4) is 0 Å². The van der Waals surface area contributed by atoms with Crippen LogP contribution in [-0.4, -0.2) is 7.05 Å². The van der Waals surface area contributed by atoms with Crippen molar-refractivity contribution in [3.05, 3.63) is 46.1 Å². The van der Waals surface area contributed by atoms with Gasteiger partial charge in [-0.25, -0.2) is 0 Å². The highest BCUT2D eigenvalue weighted by atomic mass is 127. The summed E-state index contributed by atoms with van der Waals surface area (Å²) in [5.41, 5.74) is 1.41. The second kappa shape index (κ2) is 7.01. The predicted octanol–water partition coefficient (Wildman–Crippen LogP) is 3.91. The van der Waals surface area contributed by atoms with Crippen molar-refractivity contribution in [1.82, 2.24) is 5.32 Å². The molecule has 0 aromatic heterocycles. The predicted molar refractivity (Wildman–Crippen MR) is 75.0 cm³/mol. The van der Waals surface area contributed by atoms with Gasteiger partial charge in [-0.05, 0) is 60.5 Å². The van der Waals surface area contributed by atoms with Gasteiger partial charge in [-0.15, -0.1) is 6.58 Å². The van der Waals surface area contributed by atoms with Crippen LogP contribution in [0.2, 0.25) is 0 Å². The quantitative estimate of drug-likeness (QED) is 0.477. The number of hydrogen-bond acceptors (Lipinski definition) is 1. The van der Waals surface area contributed by atoms with Crippen molar-refractivity contribution in [3.8, 4) is 0 Å². The Bertz CT molecular complexity index is 309. The van der Waals surface area contributed by atoms with E-state index in [9.17, 15) is 0 Å². The van der Waals surface area contributed by atoms with Crippen molar-refractivity contribution in [2.75, 3.05) is 7.05 Å². The van der Waals surface area contributed by atoms with E-state index < -0.39 is 0 Å². The van der Waals surface area contributed by atoms with E-state index in [2.05, 4.69) is 58.8 Å². The Morgan fingerprint density at radius 2 is 2.20 bits per heavy atom. The van der Waals surface area contributed by atoms with Crippen LogP contribution in [0.15, 0.2) is 36.9 Å². The number of hydrogen-bond donors (Lipinski definition) is 1. The van der Waals surface area contributed by atoms with E-state index in [0.29, 0.717) is 6.04 Å². The monoisotopic (exact) mass is 315 g/mol. The lowest BCUT2D eigenvalue weighted by Gasteiger charge is -2.17. The summed E-state index contributed by atoms with van der Waals surface area (Å²) in [6, 6.07) is 9.03. The molecule has 1 rings (SSSR count). The molecule has 0 aliphatic rings. The minimum absolute atomic E-state index is 0.470. The van der Waals surface area contributed by atoms with E-state index in [0.717, 1.165) is 6.42 Å². The van der Waals surface area contributed by atoms with Gasteiger partial charge in [-0.2, -0.15) is 0 Å². The Hall–Kier alpha value is -0.350. The number of unbranched alkanes of at least 4 members (excludes halogenated alkanes) is 1. The minimum Gasteiger partial charge on any atom is -0.313 e. The van der Waals surface area contributed by atoms with Gasteiger partial charge in [-0.1, -0.05) is 24.3 Å². The molecule has 2 heteroatoms. The zero-order chi connectivity index (χ0) is 11.1. The summed E-state index contributed by atoms with van der Waals surface area (Å²) in [6.07, 6.45) is 5.45. The number of nitrogens with one attached hydrogen (secondary N) is 1. The van der Waals surface area contributed by atoms with Crippen LogP contribution < -0.4 is 5.32 Å². The normalized spacial score (nSPS) is 12.4. The van der Waals surface area contributed by atoms with Gasteiger partial charge in [-0.3, -0.25) is 0 Å². The lowest BCUT2D eigenvalue weighted by Crippen LogP contribution is -2.17. The van der Waals surface area contributed by atoms with E-state index >= 15 is 0 Å². The van der Waals surface area contributed by atoms with Crippen LogP contribution in [-0.2, 0) is 0 Å². The van der Waals surface area contributed by atoms with E-state index in [1.54, 1.807) is 0 Å². The first-order valence-corrected chi connectivity index (χ1v) is 6.40. The van der Waals surface area contributed by atoms with Gasteiger partial charge >= 0.3 is 0 Å². The molecular weight excluding hydrogens is 297 g/mol. The summed E-state index contributed by atoms with van der Waals surface area (Å²) in [7, 11) is 2.03. The largest absolute Gasteiger partial charge is 0.313 e. The molecule has 1 nitrogen and oxygen atoms in total. The SMILES string of the molecule is C=CCCCC(NC)c1ccccc1I. The first kappa shape index (κ1) is 12.7. The summed E-state index contributed by atoms with van der Waals surface area (Å²) in [5.74, 6) is 0. The molecule has 15 heavy (non-hydrogen) atoms. The lowest BCUT2D eigenvalue weighted by molar-refractivity contribution is 0.528. The molecule has 1 N–H and O–H groups in total. The smallest absolute Gasteiger partial charge is 0.0328 e. The molecule has 0 saturated carbocycles. The first-order valence-electron chi connectivity index (χ1n) is 5.32. The van der Waals surface area contributed by atoms with E-state index in [1.807, 2.05) is 13.1 Å². The lowest BCUT2D eigenvalue weighted by atomic mass is 10.0. The highest BCUT2D eigenvalue weighted by Gasteiger charge is 2.10. The molecule has 0 aliphatic heterocycles. The average Bonchev–Trinajstić information content (AvgIpc) is 2.26. The third-order valence-corrected chi connectivity index (χ3v) is 3.51. The van der Waals surface area contributed by atoms with Crippen molar-refractivity contribution >= 4 is 22.6 Å². The number of rotatable bonds is 6. The van der Waals surface area contributed by atoms with Crippen LogP contribution in [0.5, 0.6) is 0 Å². The van der Waals surface area contributed by atoms with E-state index in [4.69, 9.17) is 0 Å².